The highest BCUT2D eigenvalue weighted by atomic mass is 35.5. The van der Waals surface area contributed by atoms with Crippen LogP contribution in [0.5, 0.6) is 0 Å². The van der Waals surface area contributed by atoms with Crippen molar-refractivity contribution in [3.8, 4) is 11.3 Å². The fourth-order valence-corrected chi connectivity index (χ4v) is 6.04. The molecule has 10 nitrogen and oxygen atoms in total. The van der Waals surface area contributed by atoms with Crippen LogP contribution in [-0.2, 0) is 18.9 Å². The van der Waals surface area contributed by atoms with Crippen molar-refractivity contribution in [2.75, 3.05) is 30.4 Å². The number of hydrogen-bond donors (Lipinski definition) is 4. The number of amides is 1. The van der Waals surface area contributed by atoms with Gasteiger partial charge >= 0.3 is 6.09 Å². The van der Waals surface area contributed by atoms with Gasteiger partial charge in [-0.3, -0.25) is 0 Å². The third-order valence-electron chi connectivity index (χ3n) is 7.75. The van der Waals surface area contributed by atoms with Gasteiger partial charge in [-0.15, -0.1) is 0 Å². The third kappa shape index (κ3) is 5.15. The predicted octanol–water partition coefficient (Wildman–Crippen LogP) is 3.84. The summed E-state index contributed by atoms with van der Waals surface area (Å²) in [6.45, 7) is 3.07. The smallest absolute Gasteiger partial charge is 0.407 e. The van der Waals surface area contributed by atoms with E-state index < -0.39 is 12.5 Å². The molecule has 38 heavy (non-hydrogen) atoms. The molecule has 3 fully saturated rings. The number of aliphatic hydroxyl groups excluding tert-OH is 1. The van der Waals surface area contributed by atoms with E-state index in [1.165, 1.54) is 5.56 Å². The number of benzene rings is 1. The molecule has 6 rings (SSSR count). The minimum atomic E-state index is -0.618. The number of alkyl carbamates (subject to hydrolysis) is 1. The molecule has 2 aromatic rings. The first-order valence-electron chi connectivity index (χ1n) is 13.3. The molecular weight excluding hydrogens is 512 g/mol. The zero-order valence-corrected chi connectivity index (χ0v) is 21.9. The van der Waals surface area contributed by atoms with E-state index in [2.05, 4.69) is 40.2 Å². The van der Waals surface area contributed by atoms with Crippen LogP contribution in [0.1, 0.15) is 44.1 Å². The maximum absolute atomic E-state index is 11.7. The highest BCUT2D eigenvalue weighted by Gasteiger charge is 2.48. The maximum Gasteiger partial charge on any atom is 0.407 e. The normalized spacial score (nSPS) is 31.7. The molecular formula is C27H33ClN4O6. The Morgan fingerprint density at radius 2 is 1.89 bits per heavy atom. The molecule has 3 unspecified atom stereocenters. The molecule has 11 heteroatoms. The molecule has 2 saturated heterocycles. The average molecular weight is 545 g/mol. The molecule has 0 spiro atoms. The summed E-state index contributed by atoms with van der Waals surface area (Å²) in [5.41, 5.74) is 3.65. The van der Waals surface area contributed by atoms with Crippen molar-refractivity contribution in [2.24, 2.45) is 0 Å². The predicted molar refractivity (Wildman–Crippen MR) is 141 cm³/mol. The summed E-state index contributed by atoms with van der Waals surface area (Å²) in [7, 11) is 0. The second kappa shape index (κ2) is 10.9. The molecule has 1 aromatic heterocycles. The van der Waals surface area contributed by atoms with Crippen molar-refractivity contribution in [3.63, 3.8) is 0 Å². The lowest BCUT2D eigenvalue weighted by Gasteiger charge is -2.28. The highest BCUT2D eigenvalue weighted by Crippen LogP contribution is 2.39. The van der Waals surface area contributed by atoms with E-state index >= 15 is 0 Å². The van der Waals surface area contributed by atoms with Crippen molar-refractivity contribution in [1.29, 1.82) is 0 Å². The number of carbonyl (C=O) groups is 1. The third-order valence-corrected chi connectivity index (χ3v) is 8.04. The van der Waals surface area contributed by atoms with E-state index in [1.807, 2.05) is 13.0 Å². The minimum Gasteiger partial charge on any atom is -0.446 e. The molecule has 4 N–H and O–H groups in total. The van der Waals surface area contributed by atoms with Gasteiger partial charge < -0.3 is 40.0 Å². The van der Waals surface area contributed by atoms with Crippen molar-refractivity contribution in [2.45, 2.75) is 75.4 Å². The average Bonchev–Trinajstić information content (AvgIpc) is 3.61. The molecule has 4 aliphatic rings. The Hall–Kier alpha value is -2.63. The Morgan fingerprint density at radius 1 is 1.13 bits per heavy atom. The van der Waals surface area contributed by atoms with Crippen LogP contribution in [-0.4, -0.2) is 72.8 Å². The standard InChI is InChI=1S/C27H33ClN4O6/c1-2-29-27(34)37-17-9-7-15(8-10-17)14-3-5-16(6-4-14)22-18(28)11-19-25(31-22)32-26(30-19)38-21-13-36-23-20(33)12-35-24(21)23/h3-6,11,15,17,20-21,23-24,26,30,33H,2,7-10,12-13H2,1H3,(H,29,34)(H,31,32)/t15?,17?,20?,21?,23-,24-,26?/m1/s1. The molecule has 1 amide bonds. The first kappa shape index (κ1) is 25.6. The monoisotopic (exact) mass is 544 g/mol. The van der Waals surface area contributed by atoms with Crippen molar-refractivity contribution >= 4 is 29.2 Å². The summed E-state index contributed by atoms with van der Waals surface area (Å²) in [6.07, 6.45) is 1.30. The first-order chi connectivity index (χ1) is 18.5. The van der Waals surface area contributed by atoms with E-state index in [0.717, 1.165) is 36.9 Å². The van der Waals surface area contributed by atoms with Crippen LogP contribution in [0.15, 0.2) is 30.3 Å². The molecule has 0 bridgehead atoms. The van der Waals surface area contributed by atoms with Gasteiger partial charge in [-0.05, 0) is 50.2 Å². The van der Waals surface area contributed by atoms with Gasteiger partial charge in [-0.1, -0.05) is 35.9 Å². The molecule has 5 atom stereocenters. The number of carbonyl (C=O) groups excluding carboxylic acids is 1. The van der Waals surface area contributed by atoms with Crippen LogP contribution >= 0.6 is 11.6 Å². The summed E-state index contributed by atoms with van der Waals surface area (Å²) in [6, 6.07) is 10.2. The molecule has 1 saturated carbocycles. The Labute approximate surface area is 226 Å². The summed E-state index contributed by atoms with van der Waals surface area (Å²) in [4.78, 5) is 16.5. The van der Waals surface area contributed by atoms with Gasteiger partial charge in [0.2, 0.25) is 6.35 Å². The number of aliphatic hydroxyl groups is 1. The number of halogens is 1. The topological polar surface area (TPSA) is 123 Å². The summed E-state index contributed by atoms with van der Waals surface area (Å²) < 4.78 is 22.9. The number of fused-ring (bicyclic) bond motifs is 2. The van der Waals surface area contributed by atoms with Gasteiger partial charge in [0.1, 0.15) is 30.5 Å². The van der Waals surface area contributed by atoms with Crippen LogP contribution < -0.4 is 16.0 Å². The Kier molecular flexibility index (Phi) is 7.33. The summed E-state index contributed by atoms with van der Waals surface area (Å²) in [5, 5.41) is 19.7. The lowest BCUT2D eigenvalue weighted by atomic mass is 9.82. The van der Waals surface area contributed by atoms with Gasteiger partial charge in [-0.2, -0.15) is 0 Å². The van der Waals surface area contributed by atoms with E-state index in [4.69, 9.17) is 35.5 Å². The lowest BCUT2D eigenvalue weighted by Crippen LogP contribution is -2.39. The van der Waals surface area contributed by atoms with E-state index in [1.54, 1.807) is 0 Å². The number of aromatic nitrogens is 1. The highest BCUT2D eigenvalue weighted by molar-refractivity contribution is 6.33. The quantitative estimate of drug-likeness (QED) is 0.429. The van der Waals surface area contributed by atoms with Crippen molar-refractivity contribution < 1.29 is 28.8 Å². The van der Waals surface area contributed by atoms with Crippen LogP contribution in [0.25, 0.3) is 11.3 Å². The van der Waals surface area contributed by atoms with Gasteiger partial charge in [0, 0.05) is 12.1 Å². The van der Waals surface area contributed by atoms with E-state index in [9.17, 15) is 9.90 Å². The fraction of sp³-hybridized carbons (Fsp3) is 0.556. The Morgan fingerprint density at radius 3 is 2.66 bits per heavy atom. The summed E-state index contributed by atoms with van der Waals surface area (Å²) in [5.74, 6) is 1.10. The zero-order chi connectivity index (χ0) is 26.2. The molecule has 0 radical (unpaired) electrons. The van der Waals surface area contributed by atoms with Gasteiger partial charge in [-0.25, -0.2) is 9.78 Å². The van der Waals surface area contributed by atoms with Crippen molar-refractivity contribution in [3.05, 3.63) is 40.9 Å². The number of hydrogen-bond acceptors (Lipinski definition) is 9. The Balaban J connectivity index is 1.07. The van der Waals surface area contributed by atoms with Gasteiger partial charge in [0.05, 0.1) is 29.6 Å². The van der Waals surface area contributed by atoms with Crippen molar-refractivity contribution in [1.82, 2.24) is 10.3 Å². The SMILES string of the molecule is CCNC(=O)OC1CCC(c2ccc(-c3nc4c(cc3Cl)NC(OC3CO[C@@H]5C(O)CO[C@H]35)N4)cc2)CC1. The number of pyridine rings is 1. The van der Waals surface area contributed by atoms with Gasteiger partial charge in [0.15, 0.2) is 5.82 Å². The number of ether oxygens (including phenoxy) is 4. The van der Waals surface area contributed by atoms with Crippen LogP contribution in [0.3, 0.4) is 0 Å². The number of rotatable bonds is 6. The molecule has 204 valence electrons. The molecule has 1 aliphatic carbocycles. The molecule has 3 aliphatic heterocycles. The van der Waals surface area contributed by atoms with Gasteiger partial charge in [0.25, 0.3) is 0 Å². The number of anilines is 2. The second-order valence-electron chi connectivity index (χ2n) is 10.3. The van der Waals surface area contributed by atoms with Crippen LogP contribution in [0, 0.1) is 0 Å². The number of nitrogens with one attached hydrogen (secondary N) is 3. The largest absolute Gasteiger partial charge is 0.446 e. The lowest BCUT2D eigenvalue weighted by molar-refractivity contribution is -0.0543. The molecule has 1 aromatic carbocycles. The number of nitrogens with zero attached hydrogens (tertiary/aromatic N) is 1. The second-order valence-corrected chi connectivity index (χ2v) is 10.7. The van der Waals surface area contributed by atoms with E-state index in [0.29, 0.717) is 35.6 Å². The Bertz CT molecular complexity index is 1160. The summed E-state index contributed by atoms with van der Waals surface area (Å²) >= 11 is 6.63. The first-order valence-corrected chi connectivity index (χ1v) is 13.7. The maximum atomic E-state index is 11.7. The van der Waals surface area contributed by atoms with E-state index in [-0.39, 0.29) is 37.1 Å². The molecule has 4 heterocycles. The minimum absolute atomic E-state index is 0.0136. The van der Waals surface area contributed by atoms with Crippen LogP contribution in [0.4, 0.5) is 16.3 Å². The zero-order valence-electron chi connectivity index (χ0n) is 21.2. The fourth-order valence-electron chi connectivity index (χ4n) is 5.78. The van der Waals surface area contributed by atoms with Crippen LogP contribution in [0.2, 0.25) is 5.02 Å².